The maximum absolute atomic E-state index is 5.76. The van der Waals surface area contributed by atoms with Gasteiger partial charge in [-0.25, -0.2) is 0 Å². The molecule has 14 heavy (non-hydrogen) atoms. The maximum Gasteiger partial charge on any atom is 0.0576 e. The number of hydrogen-bond acceptors (Lipinski definition) is 2. The molecule has 1 fully saturated rings. The summed E-state index contributed by atoms with van der Waals surface area (Å²) in [6, 6.07) is 0.434. The molecule has 0 amide bonds. The van der Waals surface area contributed by atoms with Crippen LogP contribution in [0.5, 0.6) is 0 Å². The summed E-state index contributed by atoms with van der Waals surface area (Å²) in [6.07, 6.45) is 13.4. The second-order valence-corrected chi connectivity index (χ2v) is 4.18. The van der Waals surface area contributed by atoms with E-state index in [9.17, 15) is 0 Å². The van der Waals surface area contributed by atoms with Crippen LogP contribution in [0.2, 0.25) is 0 Å². The Labute approximate surface area is 87.6 Å². The molecule has 0 spiro atoms. The van der Waals surface area contributed by atoms with Crippen LogP contribution in [-0.4, -0.2) is 19.1 Å². The molecular weight excluding hydrogens is 172 g/mol. The summed E-state index contributed by atoms with van der Waals surface area (Å²) in [5, 5.41) is 3.36. The summed E-state index contributed by atoms with van der Waals surface area (Å²) < 4.78 is 0. The number of terminal acetylenes is 1. The molecule has 3 N–H and O–H groups in total. The Morgan fingerprint density at radius 1 is 1.29 bits per heavy atom. The first kappa shape index (κ1) is 11.6. The van der Waals surface area contributed by atoms with Gasteiger partial charge >= 0.3 is 0 Å². The van der Waals surface area contributed by atoms with E-state index in [1.54, 1.807) is 0 Å². The predicted molar refractivity (Wildman–Crippen MR) is 60.9 cm³/mol. The van der Waals surface area contributed by atoms with Crippen LogP contribution < -0.4 is 11.1 Å². The zero-order valence-electron chi connectivity index (χ0n) is 8.97. The first-order valence-electron chi connectivity index (χ1n) is 5.75. The normalized spacial score (nSPS) is 21.1. The molecule has 0 bridgehead atoms. The van der Waals surface area contributed by atoms with E-state index in [1.165, 1.54) is 38.5 Å². The molecule has 1 aliphatic carbocycles. The van der Waals surface area contributed by atoms with Crippen molar-refractivity contribution in [2.45, 2.75) is 44.6 Å². The molecule has 1 saturated carbocycles. The fourth-order valence-corrected chi connectivity index (χ4v) is 2.35. The number of rotatable bonds is 4. The zero-order chi connectivity index (χ0) is 10.2. The Morgan fingerprint density at radius 3 is 2.43 bits per heavy atom. The Balaban J connectivity index is 2.36. The summed E-state index contributed by atoms with van der Waals surface area (Å²) in [5.74, 6) is 3.37. The molecule has 0 radical (unpaired) electrons. The van der Waals surface area contributed by atoms with Crippen LogP contribution in [0.1, 0.15) is 38.5 Å². The summed E-state index contributed by atoms with van der Waals surface area (Å²) in [7, 11) is 0. The molecule has 0 heterocycles. The van der Waals surface area contributed by atoms with Gasteiger partial charge < -0.3 is 11.1 Å². The summed E-state index contributed by atoms with van der Waals surface area (Å²) in [4.78, 5) is 0. The van der Waals surface area contributed by atoms with Gasteiger partial charge in [-0.3, -0.25) is 0 Å². The van der Waals surface area contributed by atoms with Gasteiger partial charge in [-0.05, 0) is 18.8 Å². The lowest BCUT2D eigenvalue weighted by molar-refractivity contribution is 0.334. The molecule has 0 aromatic carbocycles. The second kappa shape index (κ2) is 6.86. The van der Waals surface area contributed by atoms with Gasteiger partial charge in [0.15, 0.2) is 0 Å². The summed E-state index contributed by atoms with van der Waals surface area (Å²) in [6.45, 7) is 1.37. The Bertz CT molecular complexity index is 175. The molecule has 0 aliphatic heterocycles. The fourth-order valence-electron chi connectivity index (χ4n) is 2.35. The molecule has 1 atom stereocenters. The van der Waals surface area contributed by atoms with Crippen LogP contribution in [0.3, 0.4) is 0 Å². The third kappa shape index (κ3) is 3.69. The van der Waals surface area contributed by atoms with E-state index in [0.29, 0.717) is 19.1 Å². The highest BCUT2D eigenvalue weighted by molar-refractivity contribution is 4.90. The molecule has 1 aliphatic rings. The monoisotopic (exact) mass is 194 g/mol. The van der Waals surface area contributed by atoms with Gasteiger partial charge in [-0.1, -0.05) is 31.6 Å². The second-order valence-electron chi connectivity index (χ2n) is 4.18. The molecule has 1 rings (SSSR count). The molecule has 1 unspecified atom stereocenters. The first-order valence-corrected chi connectivity index (χ1v) is 5.75. The average Bonchev–Trinajstić information content (AvgIpc) is 2.48. The first-order chi connectivity index (χ1) is 6.88. The SMILES string of the molecule is C#CCNC(CN)C1CCCCCC1. The van der Waals surface area contributed by atoms with Crippen molar-refractivity contribution in [1.29, 1.82) is 0 Å². The van der Waals surface area contributed by atoms with Crippen molar-refractivity contribution < 1.29 is 0 Å². The van der Waals surface area contributed by atoms with Crippen molar-refractivity contribution in [3.05, 3.63) is 0 Å². The highest BCUT2D eigenvalue weighted by atomic mass is 14.9. The van der Waals surface area contributed by atoms with E-state index in [1.807, 2.05) is 0 Å². The standard InChI is InChI=1S/C12H22N2/c1-2-9-14-12(10-13)11-7-5-3-4-6-8-11/h1,11-12,14H,3-10,13H2. The van der Waals surface area contributed by atoms with Gasteiger partial charge in [-0.15, -0.1) is 6.42 Å². The van der Waals surface area contributed by atoms with E-state index in [0.717, 1.165) is 5.92 Å². The highest BCUT2D eigenvalue weighted by Gasteiger charge is 2.20. The Hall–Kier alpha value is -0.520. The van der Waals surface area contributed by atoms with Crippen LogP contribution in [-0.2, 0) is 0 Å². The van der Waals surface area contributed by atoms with Gasteiger partial charge in [0.25, 0.3) is 0 Å². The number of hydrogen-bond donors (Lipinski definition) is 2. The van der Waals surface area contributed by atoms with Crippen molar-refractivity contribution in [2.24, 2.45) is 11.7 Å². The van der Waals surface area contributed by atoms with E-state index in [4.69, 9.17) is 12.2 Å². The highest BCUT2D eigenvalue weighted by Crippen LogP contribution is 2.25. The maximum atomic E-state index is 5.76. The van der Waals surface area contributed by atoms with Crippen LogP contribution in [0.4, 0.5) is 0 Å². The largest absolute Gasteiger partial charge is 0.329 e. The number of nitrogens with one attached hydrogen (secondary N) is 1. The fraction of sp³-hybridized carbons (Fsp3) is 0.833. The lowest BCUT2D eigenvalue weighted by Crippen LogP contribution is -2.42. The van der Waals surface area contributed by atoms with E-state index < -0.39 is 0 Å². The summed E-state index contributed by atoms with van der Waals surface area (Å²) >= 11 is 0. The zero-order valence-corrected chi connectivity index (χ0v) is 8.97. The van der Waals surface area contributed by atoms with Crippen molar-refractivity contribution in [3.63, 3.8) is 0 Å². The molecule has 0 saturated heterocycles. The minimum Gasteiger partial charge on any atom is -0.329 e. The minimum absolute atomic E-state index is 0.434. The smallest absolute Gasteiger partial charge is 0.0576 e. The van der Waals surface area contributed by atoms with Crippen LogP contribution in [0.25, 0.3) is 0 Å². The van der Waals surface area contributed by atoms with Crippen LogP contribution in [0.15, 0.2) is 0 Å². The Morgan fingerprint density at radius 2 is 1.93 bits per heavy atom. The molecule has 2 nitrogen and oxygen atoms in total. The van der Waals surface area contributed by atoms with Crippen LogP contribution in [0, 0.1) is 18.3 Å². The summed E-state index contributed by atoms with van der Waals surface area (Å²) in [5.41, 5.74) is 5.76. The molecule has 0 aromatic heterocycles. The van der Waals surface area contributed by atoms with Gasteiger partial charge in [0.2, 0.25) is 0 Å². The topological polar surface area (TPSA) is 38.0 Å². The minimum atomic E-state index is 0.434. The van der Waals surface area contributed by atoms with Crippen molar-refractivity contribution >= 4 is 0 Å². The molecular formula is C12H22N2. The van der Waals surface area contributed by atoms with Gasteiger partial charge in [0.1, 0.15) is 0 Å². The van der Waals surface area contributed by atoms with Gasteiger partial charge in [0, 0.05) is 12.6 Å². The number of nitrogens with two attached hydrogens (primary N) is 1. The Kier molecular flexibility index (Phi) is 5.66. The lowest BCUT2D eigenvalue weighted by atomic mass is 9.92. The predicted octanol–water partition coefficient (Wildman–Crippen LogP) is 1.51. The third-order valence-electron chi connectivity index (χ3n) is 3.19. The van der Waals surface area contributed by atoms with E-state index in [2.05, 4.69) is 11.2 Å². The molecule has 0 aromatic rings. The van der Waals surface area contributed by atoms with Crippen molar-refractivity contribution in [3.8, 4) is 12.3 Å². The van der Waals surface area contributed by atoms with Gasteiger partial charge in [0.05, 0.1) is 6.54 Å². The molecule has 2 heteroatoms. The average molecular weight is 194 g/mol. The van der Waals surface area contributed by atoms with Crippen molar-refractivity contribution in [2.75, 3.05) is 13.1 Å². The van der Waals surface area contributed by atoms with E-state index in [-0.39, 0.29) is 0 Å². The van der Waals surface area contributed by atoms with E-state index >= 15 is 0 Å². The third-order valence-corrected chi connectivity index (χ3v) is 3.19. The molecule has 80 valence electrons. The van der Waals surface area contributed by atoms with Gasteiger partial charge in [-0.2, -0.15) is 0 Å². The quantitative estimate of drug-likeness (QED) is 0.526. The van der Waals surface area contributed by atoms with Crippen molar-refractivity contribution in [1.82, 2.24) is 5.32 Å². The van der Waals surface area contributed by atoms with Crippen LogP contribution >= 0.6 is 0 Å². The lowest BCUT2D eigenvalue weighted by Gasteiger charge is -2.25.